The highest BCUT2D eigenvalue weighted by Gasteiger charge is 2.41. The number of rotatable bonds is 6. The minimum absolute atomic E-state index is 0.666. The van der Waals surface area contributed by atoms with Gasteiger partial charge in [0.1, 0.15) is 17.5 Å². The van der Waals surface area contributed by atoms with Crippen LogP contribution in [0, 0.1) is 24.7 Å². The summed E-state index contributed by atoms with van der Waals surface area (Å²) in [5, 5.41) is 3.46. The van der Waals surface area contributed by atoms with Gasteiger partial charge < -0.3 is 10.7 Å². The molecule has 18 heavy (non-hydrogen) atoms. The molecular weight excluding hydrogens is 226 g/mol. The number of hydrogen-bond donors (Lipinski definition) is 3. The molecule has 0 aromatic carbocycles. The fourth-order valence-corrected chi connectivity index (χ4v) is 2.72. The van der Waals surface area contributed by atoms with Crippen LogP contribution in [0.4, 0.5) is 11.6 Å². The van der Waals surface area contributed by atoms with E-state index >= 15 is 0 Å². The molecule has 0 spiro atoms. The first-order valence-corrected chi connectivity index (χ1v) is 6.82. The summed E-state index contributed by atoms with van der Waals surface area (Å²) in [6.07, 6.45) is 5.67. The number of nitrogens with zero attached hydrogens (tertiary/aromatic N) is 2. The minimum atomic E-state index is 0.666. The molecule has 0 amide bonds. The maximum Gasteiger partial charge on any atom is 0.145 e. The van der Waals surface area contributed by atoms with E-state index < -0.39 is 0 Å². The van der Waals surface area contributed by atoms with Crippen molar-refractivity contribution in [2.45, 2.75) is 32.6 Å². The van der Waals surface area contributed by atoms with Gasteiger partial charge in [-0.1, -0.05) is 0 Å². The Bertz CT molecular complexity index is 413. The van der Waals surface area contributed by atoms with E-state index in [-0.39, 0.29) is 0 Å². The van der Waals surface area contributed by atoms with E-state index in [9.17, 15) is 0 Å². The van der Waals surface area contributed by atoms with Crippen molar-refractivity contribution >= 4 is 11.6 Å². The zero-order valence-electron chi connectivity index (χ0n) is 10.8. The van der Waals surface area contributed by atoms with Crippen LogP contribution < -0.4 is 16.6 Å². The Morgan fingerprint density at radius 2 is 1.83 bits per heavy atom. The molecule has 0 aliphatic heterocycles. The summed E-state index contributed by atoms with van der Waals surface area (Å²) < 4.78 is 0. The van der Waals surface area contributed by atoms with Crippen molar-refractivity contribution in [3.05, 3.63) is 11.9 Å². The monoisotopic (exact) mass is 247 g/mol. The first-order valence-electron chi connectivity index (χ1n) is 6.82. The molecule has 5 nitrogen and oxygen atoms in total. The molecule has 1 aromatic rings. The molecule has 5 heteroatoms. The summed E-state index contributed by atoms with van der Waals surface area (Å²) >= 11 is 0. The van der Waals surface area contributed by atoms with E-state index in [0.29, 0.717) is 5.82 Å². The fourth-order valence-electron chi connectivity index (χ4n) is 2.72. The molecule has 0 atom stereocenters. The number of nitrogen functional groups attached to an aromatic ring is 1. The van der Waals surface area contributed by atoms with Gasteiger partial charge in [0.25, 0.3) is 0 Å². The molecule has 0 unspecified atom stereocenters. The number of aryl methyl sites for hydroxylation is 1. The molecular formula is C13H21N5. The number of anilines is 2. The number of hydrazine groups is 1. The lowest BCUT2D eigenvalue weighted by molar-refractivity contribution is 0.427. The van der Waals surface area contributed by atoms with Gasteiger partial charge in [0.2, 0.25) is 0 Å². The second-order valence-electron chi connectivity index (χ2n) is 5.55. The highest BCUT2D eigenvalue weighted by Crippen LogP contribution is 2.49. The zero-order chi connectivity index (χ0) is 12.5. The van der Waals surface area contributed by atoms with Crippen LogP contribution in [0.2, 0.25) is 0 Å². The van der Waals surface area contributed by atoms with Crippen LogP contribution in [-0.2, 0) is 0 Å². The normalized spacial score (nSPS) is 19.1. The first kappa shape index (κ1) is 11.7. The third-order valence-electron chi connectivity index (χ3n) is 3.96. The highest BCUT2D eigenvalue weighted by atomic mass is 15.3. The van der Waals surface area contributed by atoms with E-state index in [0.717, 1.165) is 35.9 Å². The van der Waals surface area contributed by atoms with E-state index in [4.69, 9.17) is 5.84 Å². The van der Waals surface area contributed by atoms with Gasteiger partial charge in [0.15, 0.2) is 0 Å². The first-order chi connectivity index (χ1) is 8.76. The summed E-state index contributed by atoms with van der Waals surface area (Å²) in [5.74, 6) is 10.4. The van der Waals surface area contributed by atoms with E-state index in [2.05, 4.69) is 20.7 Å². The molecule has 0 saturated heterocycles. The molecule has 0 radical (unpaired) electrons. The Kier molecular flexibility index (Phi) is 3.07. The SMILES string of the molecule is Cc1nc(NN)cc(NCC(C2CC2)C2CC2)n1. The van der Waals surface area contributed by atoms with Gasteiger partial charge in [0, 0.05) is 12.6 Å². The van der Waals surface area contributed by atoms with Crippen molar-refractivity contribution in [3.63, 3.8) is 0 Å². The van der Waals surface area contributed by atoms with Crippen molar-refractivity contribution in [3.8, 4) is 0 Å². The number of hydrogen-bond acceptors (Lipinski definition) is 5. The van der Waals surface area contributed by atoms with Crippen LogP contribution in [0.25, 0.3) is 0 Å². The summed E-state index contributed by atoms with van der Waals surface area (Å²) in [6.45, 7) is 2.92. The summed E-state index contributed by atoms with van der Waals surface area (Å²) in [5.41, 5.74) is 2.57. The van der Waals surface area contributed by atoms with E-state index in [1.54, 1.807) is 0 Å². The lowest BCUT2D eigenvalue weighted by atomic mass is 9.98. The number of nitrogens with one attached hydrogen (secondary N) is 2. The lowest BCUT2D eigenvalue weighted by Crippen LogP contribution is -2.19. The molecule has 1 aromatic heterocycles. The second-order valence-corrected chi connectivity index (χ2v) is 5.55. The highest BCUT2D eigenvalue weighted by molar-refractivity contribution is 5.46. The Hall–Kier alpha value is -1.36. The van der Waals surface area contributed by atoms with Crippen molar-refractivity contribution < 1.29 is 0 Å². The molecule has 2 saturated carbocycles. The van der Waals surface area contributed by atoms with Crippen molar-refractivity contribution in [2.75, 3.05) is 17.3 Å². The van der Waals surface area contributed by atoms with E-state index in [1.807, 2.05) is 13.0 Å². The topological polar surface area (TPSA) is 75.9 Å². The number of nitrogens with two attached hydrogens (primary N) is 1. The van der Waals surface area contributed by atoms with Crippen LogP contribution >= 0.6 is 0 Å². The minimum Gasteiger partial charge on any atom is -0.370 e. The average Bonchev–Trinajstić information content (AvgIpc) is 3.22. The summed E-state index contributed by atoms with van der Waals surface area (Å²) in [7, 11) is 0. The molecule has 4 N–H and O–H groups in total. The molecule has 1 heterocycles. The maximum absolute atomic E-state index is 5.39. The second kappa shape index (κ2) is 4.72. The molecule has 2 aliphatic carbocycles. The van der Waals surface area contributed by atoms with Gasteiger partial charge in [-0.05, 0) is 50.4 Å². The summed E-state index contributed by atoms with van der Waals surface area (Å²) in [4.78, 5) is 8.58. The van der Waals surface area contributed by atoms with Crippen LogP contribution in [0.5, 0.6) is 0 Å². The average molecular weight is 247 g/mol. The van der Waals surface area contributed by atoms with Gasteiger partial charge in [-0.2, -0.15) is 0 Å². The molecule has 3 rings (SSSR count). The van der Waals surface area contributed by atoms with Gasteiger partial charge >= 0.3 is 0 Å². The Morgan fingerprint density at radius 3 is 2.39 bits per heavy atom. The van der Waals surface area contributed by atoms with Gasteiger partial charge in [0.05, 0.1) is 0 Å². The Morgan fingerprint density at radius 1 is 1.22 bits per heavy atom. The smallest absolute Gasteiger partial charge is 0.145 e. The van der Waals surface area contributed by atoms with Crippen molar-refractivity contribution in [1.29, 1.82) is 0 Å². The maximum atomic E-state index is 5.39. The quantitative estimate of drug-likeness (QED) is 0.529. The molecule has 0 bridgehead atoms. The predicted octanol–water partition coefficient (Wildman–Crippen LogP) is 1.92. The third kappa shape index (κ3) is 2.72. The summed E-state index contributed by atoms with van der Waals surface area (Å²) in [6, 6.07) is 1.86. The van der Waals surface area contributed by atoms with Crippen molar-refractivity contribution in [1.82, 2.24) is 9.97 Å². The van der Waals surface area contributed by atoms with Gasteiger partial charge in [-0.3, -0.25) is 0 Å². The standard InChI is InChI=1S/C13H21N5/c1-8-16-12(6-13(17-8)18-14)15-7-11(9-2-3-9)10-4-5-10/h6,9-11H,2-5,7,14H2,1H3,(H2,15,16,17,18). The molecule has 98 valence electrons. The Balaban J connectivity index is 1.62. The predicted molar refractivity (Wildman–Crippen MR) is 72.0 cm³/mol. The van der Waals surface area contributed by atoms with Crippen LogP contribution in [0.1, 0.15) is 31.5 Å². The van der Waals surface area contributed by atoms with Crippen molar-refractivity contribution in [2.24, 2.45) is 23.6 Å². The Labute approximate surface area is 108 Å². The largest absolute Gasteiger partial charge is 0.370 e. The molecule has 2 aliphatic rings. The van der Waals surface area contributed by atoms with Crippen LogP contribution in [0.15, 0.2) is 6.07 Å². The van der Waals surface area contributed by atoms with Gasteiger partial charge in [-0.15, -0.1) is 0 Å². The van der Waals surface area contributed by atoms with Gasteiger partial charge in [-0.25, -0.2) is 15.8 Å². The lowest BCUT2D eigenvalue weighted by Gasteiger charge is -2.17. The zero-order valence-corrected chi connectivity index (χ0v) is 10.8. The fraction of sp³-hybridized carbons (Fsp3) is 0.692. The van der Waals surface area contributed by atoms with E-state index in [1.165, 1.54) is 25.7 Å². The molecule has 2 fully saturated rings. The van der Waals surface area contributed by atoms with Crippen LogP contribution in [-0.4, -0.2) is 16.5 Å². The third-order valence-corrected chi connectivity index (χ3v) is 3.96. The van der Waals surface area contributed by atoms with Crippen LogP contribution in [0.3, 0.4) is 0 Å². The number of aromatic nitrogens is 2.